The number of carbonyl (C=O) groups is 2. The molecule has 0 unspecified atom stereocenters. The summed E-state index contributed by atoms with van der Waals surface area (Å²) in [6.45, 7) is 3.28. The van der Waals surface area contributed by atoms with E-state index in [2.05, 4.69) is 25.9 Å². The first-order valence-corrected chi connectivity index (χ1v) is 13.8. The Morgan fingerprint density at radius 1 is 1.08 bits per heavy atom. The molecule has 1 N–H and O–H groups in total. The molecule has 0 amide bonds. The fourth-order valence-electron chi connectivity index (χ4n) is 4.03. The Morgan fingerprint density at radius 2 is 1.78 bits per heavy atom. The largest absolute Gasteiger partial charge is 0.300 e. The number of nitrogens with zero attached hydrogens (tertiary/aromatic N) is 2. The minimum absolute atomic E-state index is 0.0802. The third-order valence-corrected chi connectivity index (χ3v) is 8.35. The molecule has 6 nitrogen and oxygen atoms in total. The van der Waals surface area contributed by atoms with Gasteiger partial charge in [0.15, 0.2) is 16.7 Å². The molecule has 0 bridgehead atoms. The van der Waals surface area contributed by atoms with Crippen LogP contribution in [-0.2, 0) is 0 Å². The van der Waals surface area contributed by atoms with E-state index in [0.717, 1.165) is 21.8 Å². The van der Waals surface area contributed by atoms with E-state index < -0.39 is 0 Å². The molecule has 0 saturated carbocycles. The fraction of sp³-hybridized carbons (Fsp3) is 0.115. The molecule has 5 aromatic rings. The van der Waals surface area contributed by atoms with Gasteiger partial charge in [-0.25, -0.2) is 9.97 Å². The number of pyridine rings is 1. The van der Waals surface area contributed by atoms with Gasteiger partial charge in [-0.15, -0.1) is 11.3 Å². The summed E-state index contributed by atoms with van der Waals surface area (Å²) in [4.78, 5) is 51.1. The van der Waals surface area contributed by atoms with E-state index in [4.69, 9.17) is 16.6 Å². The second-order valence-corrected chi connectivity index (χ2v) is 11.4. The molecule has 10 heteroatoms. The van der Waals surface area contributed by atoms with Crippen LogP contribution < -0.4 is 5.56 Å². The van der Waals surface area contributed by atoms with Crippen molar-refractivity contribution in [2.75, 3.05) is 5.75 Å². The molecule has 180 valence electrons. The second kappa shape index (κ2) is 9.89. The SMILES string of the molecule is CC(=O)c1c(C)nc2sc3c(=O)[nH]c(SCC(=O)c4ccc(Br)cc4)nc3c2c1-c1ccc(Cl)cc1. The van der Waals surface area contributed by atoms with Gasteiger partial charge < -0.3 is 4.98 Å². The van der Waals surface area contributed by atoms with Crippen molar-refractivity contribution in [1.29, 1.82) is 0 Å². The second-order valence-electron chi connectivity index (χ2n) is 8.06. The molecule has 0 atom stereocenters. The van der Waals surface area contributed by atoms with Crippen LogP contribution >= 0.6 is 50.6 Å². The average molecular weight is 599 g/mol. The number of aromatic nitrogens is 3. The number of rotatable bonds is 6. The van der Waals surface area contributed by atoms with Crippen molar-refractivity contribution >= 4 is 82.6 Å². The van der Waals surface area contributed by atoms with Crippen molar-refractivity contribution in [3.63, 3.8) is 0 Å². The van der Waals surface area contributed by atoms with Crippen molar-refractivity contribution in [2.24, 2.45) is 0 Å². The van der Waals surface area contributed by atoms with Crippen LogP contribution in [0.5, 0.6) is 0 Å². The predicted octanol–water partition coefficient (Wildman–Crippen LogP) is 7.10. The summed E-state index contributed by atoms with van der Waals surface area (Å²) in [7, 11) is 0. The number of hydrogen-bond acceptors (Lipinski definition) is 7. The Hall–Kier alpha value is -2.85. The number of ketones is 2. The van der Waals surface area contributed by atoms with Gasteiger partial charge >= 0.3 is 0 Å². The third kappa shape index (κ3) is 4.64. The average Bonchev–Trinajstić information content (AvgIpc) is 3.21. The Kier molecular flexibility index (Phi) is 6.82. The number of halogens is 2. The predicted molar refractivity (Wildman–Crippen MR) is 150 cm³/mol. The van der Waals surface area contributed by atoms with Gasteiger partial charge in [-0.05, 0) is 43.7 Å². The van der Waals surface area contributed by atoms with Gasteiger partial charge in [0.1, 0.15) is 9.53 Å². The summed E-state index contributed by atoms with van der Waals surface area (Å²) in [6, 6.07) is 14.3. The molecule has 0 aliphatic rings. The highest BCUT2D eigenvalue weighted by Gasteiger charge is 2.23. The number of hydrogen-bond donors (Lipinski definition) is 1. The molecule has 0 aliphatic carbocycles. The van der Waals surface area contributed by atoms with Crippen LogP contribution in [0.15, 0.2) is 63.0 Å². The summed E-state index contributed by atoms with van der Waals surface area (Å²) in [5, 5.41) is 1.54. The molecular formula is C26H17BrClN3O3S2. The van der Waals surface area contributed by atoms with Crippen molar-refractivity contribution < 1.29 is 9.59 Å². The number of thiophene rings is 1. The van der Waals surface area contributed by atoms with Crippen molar-refractivity contribution in [3.05, 3.63) is 85.2 Å². The molecule has 2 aromatic carbocycles. The monoisotopic (exact) mass is 597 g/mol. The quantitative estimate of drug-likeness (QED) is 0.127. The highest BCUT2D eigenvalue weighted by molar-refractivity contribution is 9.10. The normalized spacial score (nSPS) is 11.3. The highest BCUT2D eigenvalue weighted by Crippen LogP contribution is 2.40. The van der Waals surface area contributed by atoms with Gasteiger partial charge in [-0.3, -0.25) is 14.4 Å². The van der Waals surface area contributed by atoms with E-state index >= 15 is 0 Å². The lowest BCUT2D eigenvalue weighted by Crippen LogP contribution is -2.09. The summed E-state index contributed by atoms with van der Waals surface area (Å²) < 4.78 is 1.30. The minimum atomic E-state index is -0.314. The Balaban J connectivity index is 1.66. The molecular weight excluding hydrogens is 582 g/mol. The lowest BCUT2D eigenvalue weighted by molar-refractivity contribution is 0.101. The van der Waals surface area contributed by atoms with Crippen LogP contribution in [0.3, 0.4) is 0 Å². The van der Waals surface area contributed by atoms with E-state index in [1.807, 2.05) is 24.3 Å². The lowest BCUT2D eigenvalue weighted by atomic mass is 9.94. The van der Waals surface area contributed by atoms with Gasteiger partial charge in [-0.1, -0.05) is 63.6 Å². The van der Waals surface area contributed by atoms with Gasteiger partial charge in [0.05, 0.1) is 17.0 Å². The molecule has 5 rings (SSSR count). The number of carbonyl (C=O) groups excluding carboxylic acids is 2. The topological polar surface area (TPSA) is 92.8 Å². The summed E-state index contributed by atoms with van der Waals surface area (Å²) in [6.07, 6.45) is 0. The van der Waals surface area contributed by atoms with Crippen LogP contribution in [-0.4, -0.2) is 32.3 Å². The Morgan fingerprint density at radius 3 is 2.44 bits per heavy atom. The summed E-state index contributed by atoms with van der Waals surface area (Å²) >= 11 is 11.9. The van der Waals surface area contributed by atoms with Crippen molar-refractivity contribution in [1.82, 2.24) is 15.0 Å². The van der Waals surface area contributed by atoms with Crippen LogP contribution in [0.4, 0.5) is 0 Å². The van der Waals surface area contributed by atoms with E-state index in [9.17, 15) is 14.4 Å². The molecule has 36 heavy (non-hydrogen) atoms. The first kappa shape index (κ1) is 24.8. The van der Waals surface area contributed by atoms with E-state index in [1.165, 1.54) is 18.3 Å². The first-order chi connectivity index (χ1) is 17.2. The zero-order valence-corrected chi connectivity index (χ0v) is 23.0. The number of H-pyrrole nitrogens is 1. The maximum absolute atomic E-state index is 13.0. The van der Waals surface area contributed by atoms with Crippen molar-refractivity contribution in [3.8, 4) is 11.1 Å². The number of fused-ring (bicyclic) bond motifs is 3. The lowest BCUT2D eigenvalue weighted by Gasteiger charge is -2.12. The number of Topliss-reactive ketones (excluding diaryl/α,β-unsaturated/α-hetero) is 2. The Labute approximate surface area is 227 Å². The van der Waals surface area contributed by atoms with Gasteiger partial charge in [0, 0.05) is 31.6 Å². The third-order valence-electron chi connectivity index (χ3n) is 5.63. The number of aromatic amines is 1. The smallest absolute Gasteiger partial charge is 0.269 e. The molecule has 0 spiro atoms. The first-order valence-electron chi connectivity index (χ1n) is 10.8. The number of nitrogens with one attached hydrogen (secondary N) is 1. The fourth-order valence-corrected chi connectivity index (χ4v) is 6.24. The summed E-state index contributed by atoms with van der Waals surface area (Å²) in [5.74, 6) is -0.104. The number of benzene rings is 2. The van der Waals surface area contributed by atoms with Crippen LogP contribution in [0.1, 0.15) is 33.3 Å². The maximum Gasteiger partial charge on any atom is 0.269 e. The molecule has 0 fully saturated rings. The zero-order chi connectivity index (χ0) is 25.6. The molecule has 0 saturated heterocycles. The van der Waals surface area contributed by atoms with E-state index in [-0.39, 0.29) is 22.9 Å². The Bertz CT molecular complexity index is 1730. The number of thioether (sulfide) groups is 1. The van der Waals surface area contributed by atoms with Gasteiger partial charge in [0.2, 0.25) is 0 Å². The molecule has 3 aromatic heterocycles. The standard InChI is InChI=1S/C26H17BrClN3O3S2/c1-12-19(13(2)32)20(15-5-9-17(28)10-6-15)21-22-23(36-25(21)29-12)24(34)31-26(30-22)35-11-18(33)14-3-7-16(27)8-4-14/h3-10H,11H2,1-2H3,(H,30,31,34). The minimum Gasteiger partial charge on any atom is -0.300 e. The van der Waals surface area contributed by atoms with E-state index in [0.29, 0.717) is 53.0 Å². The van der Waals surface area contributed by atoms with Gasteiger partial charge in [0.25, 0.3) is 5.56 Å². The maximum atomic E-state index is 13.0. The highest BCUT2D eigenvalue weighted by atomic mass is 79.9. The number of aryl methyl sites for hydroxylation is 1. The van der Waals surface area contributed by atoms with E-state index in [1.54, 1.807) is 31.2 Å². The molecule has 0 radical (unpaired) electrons. The molecule has 0 aliphatic heterocycles. The molecule has 3 heterocycles. The van der Waals surface area contributed by atoms with Crippen LogP contribution in [0, 0.1) is 6.92 Å². The summed E-state index contributed by atoms with van der Waals surface area (Å²) in [5.41, 5.74) is 3.23. The van der Waals surface area contributed by atoms with Crippen LogP contribution in [0.2, 0.25) is 5.02 Å². The van der Waals surface area contributed by atoms with Gasteiger partial charge in [-0.2, -0.15) is 0 Å². The van der Waals surface area contributed by atoms with Crippen LogP contribution in [0.25, 0.3) is 31.6 Å². The van der Waals surface area contributed by atoms with Crippen molar-refractivity contribution in [2.45, 2.75) is 19.0 Å². The zero-order valence-electron chi connectivity index (χ0n) is 19.0.